The molecule has 0 spiro atoms. The van der Waals surface area contributed by atoms with Crippen LogP contribution in [0.4, 0.5) is 34.9 Å². The third kappa shape index (κ3) is 9.45. The summed E-state index contributed by atoms with van der Waals surface area (Å²) in [5, 5.41) is 0. The largest absolute Gasteiger partial charge is 0.399 e. The number of morpholine rings is 4. The third-order valence-electron chi connectivity index (χ3n) is 10.9. The summed E-state index contributed by atoms with van der Waals surface area (Å²) in [5.74, 6) is 4.32. The summed E-state index contributed by atoms with van der Waals surface area (Å²) in [6, 6.07) is 14.8. The van der Waals surface area contributed by atoms with Crippen molar-refractivity contribution >= 4 is 67.3 Å². The summed E-state index contributed by atoms with van der Waals surface area (Å²) in [7, 11) is -3.38. The number of aromatic amines is 2. The smallest absolute Gasteiger partial charge is 0.229 e. The van der Waals surface area contributed by atoms with Crippen LogP contribution in [0.3, 0.4) is 0 Å². The number of rotatable bonds is 8. The Balaban J connectivity index is 0.000000158. The van der Waals surface area contributed by atoms with E-state index < -0.39 is 10.0 Å². The molecule has 62 heavy (non-hydrogen) atoms. The van der Waals surface area contributed by atoms with Crippen LogP contribution in [0.1, 0.15) is 13.8 Å². The maximum Gasteiger partial charge on any atom is 0.229 e. The number of fused-ring (bicyclic) bond motifs is 2. The van der Waals surface area contributed by atoms with E-state index in [2.05, 4.69) is 48.1 Å². The van der Waals surface area contributed by atoms with Crippen LogP contribution in [0.15, 0.2) is 48.5 Å². The number of benzene rings is 2. The lowest BCUT2D eigenvalue weighted by Crippen LogP contribution is -2.46. The molecule has 0 bridgehead atoms. The molecule has 8 heterocycles. The molecule has 0 unspecified atom stereocenters. The van der Waals surface area contributed by atoms with E-state index in [4.69, 9.17) is 54.6 Å². The average Bonchev–Trinajstić information content (AvgIpc) is 3.92. The minimum absolute atomic E-state index is 0.127. The molecule has 21 heteroatoms. The van der Waals surface area contributed by atoms with Crippen molar-refractivity contribution in [3.8, 4) is 22.8 Å². The molecular weight excluding hydrogens is 817 g/mol. The zero-order valence-corrected chi connectivity index (χ0v) is 35.9. The number of hydrogen-bond acceptors (Lipinski definition) is 17. The Kier molecular flexibility index (Phi) is 11.9. The highest BCUT2D eigenvalue weighted by atomic mass is 32.2. The van der Waals surface area contributed by atoms with Crippen molar-refractivity contribution in [3.63, 3.8) is 0 Å². The molecule has 4 aliphatic heterocycles. The van der Waals surface area contributed by atoms with Gasteiger partial charge in [-0.3, -0.25) is 4.72 Å². The van der Waals surface area contributed by atoms with Crippen LogP contribution < -0.4 is 30.1 Å². The summed E-state index contributed by atoms with van der Waals surface area (Å²) in [4.78, 5) is 44.5. The maximum atomic E-state index is 11.6. The van der Waals surface area contributed by atoms with Gasteiger partial charge in [-0.2, -0.15) is 19.9 Å². The Hall–Kier alpha value is -5.87. The van der Waals surface area contributed by atoms with Gasteiger partial charge in [0.2, 0.25) is 21.9 Å². The van der Waals surface area contributed by atoms with Gasteiger partial charge in [-0.05, 0) is 38.1 Å². The molecule has 10 rings (SSSR count). The molecular formula is C41H52N14O6S. The van der Waals surface area contributed by atoms with E-state index in [0.717, 1.165) is 98.2 Å². The van der Waals surface area contributed by atoms with Gasteiger partial charge < -0.3 is 54.2 Å². The summed E-state index contributed by atoms with van der Waals surface area (Å²) in [6.07, 6.45) is 1.38. The molecule has 6 aromatic rings. The van der Waals surface area contributed by atoms with E-state index in [1.165, 1.54) is 0 Å². The maximum absolute atomic E-state index is 11.6. The number of nitrogen functional groups attached to an aromatic ring is 1. The fourth-order valence-electron chi connectivity index (χ4n) is 8.04. The molecule has 4 fully saturated rings. The predicted molar refractivity (Wildman–Crippen MR) is 238 cm³/mol. The van der Waals surface area contributed by atoms with Crippen LogP contribution in [0, 0.1) is 0 Å². The molecule has 20 nitrogen and oxygen atoms in total. The van der Waals surface area contributed by atoms with E-state index in [1.54, 1.807) is 18.2 Å². The van der Waals surface area contributed by atoms with Crippen molar-refractivity contribution in [1.82, 2.24) is 39.9 Å². The van der Waals surface area contributed by atoms with E-state index in [0.29, 0.717) is 80.0 Å². The topological polar surface area (TPSA) is 231 Å². The predicted octanol–water partition coefficient (Wildman–Crippen LogP) is 3.12. The number of nitrogens with one attached hydrogen (secondary N) is 3. The molecule has 5 N–H and O–H groups in total. The van der Waals surface area contributed by atoms with Gasteiger partial charge in [0.15, 0.2) is 22.9 Å². The lowest BCUT2D eigenvalue weighted by atomic mass is 10.2. The van der Waals surface area contributed by atoms with Crippen LogP contribution in [-0.4, -0.2) is 159 Å². The quantitative estimate of drug-likeness (QED) is 0.161. The molecule has 4 aromatic heterocycles. The SMILES string of the molecule is CS(=O)(=O)Nc1cccc(-c2nc3nc(N4CCOCC4)nc(N4CCOCC4)c3[nH]2)c1.C[C@@H]1CN(c2nc(N3CCOCC3)c3[nH]c(-c4cccc(N)c4)nc3n2)C[C@H](C)O1. The second-order valence-electron chi connectivity index (χ2n) is 15.8. The molecule has 0 saturated carbocycles. The van der Waals surface area contributed by atoms with E-state index in [9.17, 15) is 8.42 Å². The average molecular weight is 869 g/mol. The molecule has 0 aliphatic carbocycles. The molecule has 4 aliphatic rings. The first kappa shape index (κ1) is 41.5. The number of nitrogens with zero attached hydrogens (tertiary/aromatic N) is 10. The lowest BCUT2D eigenvalue weighted by molar-refractivity contribution is -0.00570. The highest BCUT2D eigenvalue weighted by molar-refractivity contribution is 7.92. The Labute approximate surface area is 359 Å². The molecule has 328 valence electrons. The summed E-state index contributed by atoms with van der Waals surface area (Å²) in [5.41, 5.74) is 11.6. The fraction of sp³-hybridized carbons (Fsp3) is 0.463. The summed E-state index contributed by atoms with van der Waals surface area (Å²) < 4.78 is 48.1. The third-order valence-corrected chi connectivity index (χ3v) is 11.5. The van der Waals surface area contributed by atoms with Crippen molar-refractivity contribution in [2.24, 2.45) is 0 Å². The molecule has 0 amide bonds. The number of sulfonamides is 1. The second kappa shape index (κ2) is 17.8. The minimum Gasteiger partial charge on any atom is -0.399 e. The van der Waals surface area contributed by atoms with Crippen molar-refractivity contribution in [1.29, 1.82) is 0 Å². The normalized spacial score (nSPS) is 20.0. The van der Waals surface area contributed by atoms with Gasteiger partial charge in [0, 0.05) is 74.9 Å². The zero-order chi connectivity index (χ0) is 42.8. The van der Waals surface area contributed by atoms with Crippen LogP contribution in [-0.2, 0) is 29.0 Å². The van der Waals surface area contributed by atoms with Gasteiger partial charge in [0.05, 0.1) is 58.1 Å². The van der Waals surface area contributed by atoms with Gasteiger partial charge in [-0.15, -0.1) is 0 Å². The van der Waals surface area contributed by atoms with Crippen LogP contribution >= 0.6 is 0 Å². The zero-order valence-electron chi connectivity index (χ0n) is 35.1. The Morgan fingerprint density at radius 3 is 1.60 bits per heavy atom. The van der Waals surface area contributed by atoms with Crippen molar-refractivity contribution in [2.45, 2.75) is 26.1 Å². The van der Waals surface area contributed by atoms with Gasteiger partial charge in [0.1, 0.15) is 22.7 Å². The standard InChI is InChI=1S/C21H27N7O2.C20H25N7O4S/c1-13-11-28(12-14(2)30-13)21-25-19-17(20(26-21)27-6-8-29-9-7-27)23-18(24-19)15-4-3-5-16(22)10-15;1-32(28,29)25-15-4-2-3-14(13-15)17-21-16-18(22-17)23-20(27-7-11-31-12-8-27)24-19(16)26-5-9-30-10-6-26/h3-5,10,13-14H,6-9,11-12,22H2,1-2H3,(H,23,24,25,26);2-4,13,25H,5-12H2,1H3,(H,21,22,23,24)/t13-,14+;. The summed E-state index contributed by atoms with van der Waals surface area (Å²) >= 11 is 0. The van der Waals surface area contributed by atoms with Crippen LogP contribution in [0.2, 0.25) is 0 Å². The highest BCUT2D eigenvalue weighted by Gasteiger charge is 2.28. The number of nitrogens with two attached hydrogens (primary N) is 1. The number of aromatic nitrogens is 8. The van der Waals surface area contributed by atoms with Gasteiger partial charge in [-0.25, -0.2) is 18.4 Å². The van der Waals surface area contributed by atoms with Gasteiger partial charge >= 0.3 is 0 Å². The van der Waals surface area contributed by atoms with Gasteiger partial charge in [0.25, 0.3) is 0 Å². The lowest BCUT2D eigenvalue weighted by Gasteiger charge is -2.36. The van der Waals surface area contributed by atoms with Gasteiger partial charge in [-0.1, -0.05) is 24.3 Å². The highest BCUT2D eigenvalue weighted by Crippen LogP contribution is 2.32. The fourth-order valence-corrected chi connectivity index (χ4v) is 8.60. The number of imidazole rings is 2. The second-order valence-corrected chi connectivity index (χ2v) is 17.6. The first-order valence-corrected chi connectivity index (χ1v) is 22.8. The first-order valence-electron chi connectivity index (χ1n) is 20.9. The Bertz CT molecular complexity index is 2610. The molecule has 2 atom stereocenters. The Morgan fingerprint density at radius 1 is 0.629 bits per heavy atom. The number of H-pyrrole nitrogens is 2. The van der Waals surface area contributed by atoms with Crippen LogP contribution in [0.5, 0.6) is 0 Å². The van der Waals surface area contributed by atoms with E-state index in [-0.39, 0.29) is 12.2 Å². The Morgan fingerprint density at radius 2 is 1.10 bits per heavy atom. The molecule has 4 saturated heterocycles. The first-order chi connectivity index (χ1) is 30.0. The van der Waals surface area contributed by atoms with Crippen molar-refractivity contribution < 1.29 is 27.4 Å². The minimum atomic E-state index is -3.38. The van der Waals surface area contributed by atoms with Crippen molar-refractivity contribution in [3.05, 3.63) is 48.5 Å². The summed E-state index contributed by atoms with van der Waals surface area (Å²) in [6.45, 7) is 14.1. The number of hydrogen-bond donors (Lipinski definition) is 4. The van der Waals surface area contributed by atoms with Crippen molar-refractivity contribution in [2.75, 3.05) is 128 Å². The monoisotopic (exact) mass is 868 g/mol. The van der Waals surface area contributed by atoms with E-state index in [1.807, 2.05) is 30.3 Å². The number of ether oxygens (including phenoxy) is 4. The molecule has 0 radical (unpaired) electrons. The number of anilines is 6. The van der Waals surface area contributed by atoms with Crippen LogP contribution in [0.25, 0.3) is 45.1 Å². The van der Waals surface area contributed by atoms with E-state index >= 15 is 0 Å². The molecule has 2 aromatic carbocycles.